The van der Waals surface area contributed by atoms with E-state index in [1.165, 1.54) is 0 Å². The Kier molecular flexibility index (Phi) is 9.37. The van der Waals surface area contributed by atoms with Gasteiger partial charge in [0.05, 0.1) is 25.1 Å². The highest BCUT2D eigenvalue weighted by molar-refractivity contribution is 8.32. The summed E-state index contributed by atoms with van der Waals surface area (Å²) in [4.78, 5) is 8.98. The predicted octanol–water partition coefficient (Wildman–Crippen LogP) is 7.11. The number of nitrogens with zero attached hydrogens (tertiary/aromatic N) is 3. The predicted molar refractivity (Wildman–Crippen MR) is 155 cm³/mol. The fourth-order valence-electron chi connectivity index (χ4n) is 3.73. The van der Waals surface area contributed by atoms with E-state index >= 15 is 0 Å². The molecule has 4 aromatic rings. The largest absolute Gasteiger partial charge is 0.497 e. The molecule has 0 aliphatic carbocycles. The summed E-state index contributed by atoms with van der Waals surface area (Å²) in [5, 5.41) is 0. The first-order chi connectivity index (χ1) is 18.7. The van der Waals surface area contributed by atoms with Gasteiger partial charge in [0.25, 0.3) is 6.08 Å². The summed E-state index contributed by atoms with van der Waals surface area (Å²) in [5.41, 5.74) is 3.63. The van der Waals surface area contributed by atoms with Crippen molar-refractivity contribution in [2.75, 3.05) is 38.2 Å². The van der Waals surface area contributed by atoms with Crippen LogP contribution in [0, 0.1) is 0 Å². The van der Waals surface area contributed by atoms with Crippen LogP contribution in [0.3, 0.4) is 0 Å². The molecule has 39 heavy (non-hydrogen) atoms. The second-order valence-electron chi connectivity index (χ2n) is 9.82. The fourth-order valence-corrected chi connectivity index (χ4v) is 4.34. The van der Waals surface area contributed by atoms with Gasteiger partial charge < -0.3 is 18.8 Å². The molecule has 2 heterocycles. The molecule has 0 amide bonds. The lowest BCUT2D eigenvalue weighted by atomic mass is 10.1. The molecule has 0 unspecified atom stereocenters. The zero-order valence-corrected chi connectivity index (χ0v) is 23.4. The first-order valence-corrected chi connectivity index (χ1v) is 15.4. The Bertz CT molecular complexity index is 1380. The molecular formula is C30H33F2N3O3S. The fraction of sp³-hybridized carbons (Fsp3) is 0.267. The van der Waals surface area contributed by atoms with Crippen molar-refractivity contribution in [1.29, 1.82) is 0 Å². The van der Waals surface area contributed by atoms with E-state index in [0.717, 1.165) is 40.1 Å². The molecule has 0 aliphatic rings. The molecule has 0 fully saturated rings. The third-order valence-electron chi connectivity index (χ3n) is 5.86. The van der Waals surface area contributed by atoms with Crippen LogP contribution in [0.25, 0.3) is 28.7 Å². The highest BCUT2D eigenvalue weighted by Gasteiger charge is 2.12. The van der Waals surface area contributed by atoms with E-state index in [4.69, 9.17) is 14.2 Å². The van der Waals surface area contributed by atoms with Crippen LogP contribution < -0.4 is 9.47 Å². The van der Waals surface area contributed by atoms with Gasteiger partial charge in [-0.1, -0.05) is 12.1 Å². The average molecular weight is 554 g/mol. The van der Waals surface area contributed by atoms with Gasteiger partial charge in [0.15, 0.2) is 0 Å². The van der Waals surface area contributed by atoms with Gasteiger partial charge in [0.1, 0.15) is 30.7 Å². The number of imidazole rings is 1. The third-order valence-corrected chi connectivity index (χ3v) is 7.25. The molecule has 0 spiro atoms. The van der Waals surface area contributed by atoms with Gasteiger partial charge in [-0.25, -0.2) is 15.0 Å². The molecule has 0 bridgehead atoms. The summed E-state index contributed by atoms with van der Waals surface area (Å²) in [6.07, 6.45) is 8.89. The van der Waals surface area contributed by atoms with Crippen LogP contribution in [-0.4, -0.2) is 52.8 Å². The molecule has 2 aromatic heterocycles. The topological polar surface area (TPSA) is 58.4 Å². The van der Waals surface area contributed by atoms with Crippen LogP contribution in [0.4, 0.5) is 8.78 Å². The van der Waals surface area contributed by atoms with Crippen LogP contribution in [0.5, 0.6) is 11.5 Å². The number of methoxy groups -OCH3 is 1. The molecule has 206 valence electrons. The number of aromatic nitrogens is 3. The first kappa shape index (κ1) is 28.3. The number of benzene rings is 2. The lowest BCUT2D eigenvalue weighted by Crippen LogP contribution is -2.10. The second kappa shape index (κ2) is 12.9. The van der Waals surface area contributed by atoms with Crippen molar-refractivity contribution in [1.82, 2.24) is 14.5 Å². The molecule has 0 radical (unpaired) electrons. The van der Waals surface area contributed by atoms with Crippen molar-refractivity contribution in [3.8, 4) is 34.1 Å². The summed E-state index contributed by atoms with van der Waals surface area (Å²) in [7, 11) is 0.955. The van der Waals surface area contributed by atoms with Crippen LogP contribution in [0.1, 0.15) is 11.3 Å². The normalized spacial score (nSPS) is 11.7. The smallest absolute Gasteiger partial charge is 0.272 e. The SMILES string of the molecule is COc1ccc(COc2ccc(-c3ccc(-c4nc(C=C(F)F)cn4COCCS(C)(C)C)cn3)cc2)cc1. The molecule has 0 saturated carbocycles. The Hall–Kier alpha value is -3.69. The highest BCUT2D eigenvalue weighted by atomic mass is 32.3. The molecule has 0 atom stereocenters. The van der Waals surface area contributed by atoms with Gasteiger partial charge in [-0.2, -0.15) is 8.78 Å². The molecule has 6 nitrogen and oxygen atoms in total. The number of halogens is 2. The molecule has 4 rings (SSSR count). The number of pyridine rings is 1. The van der Waals surface area contributed by atoms with Gasteiger partial charge in [-0.3, -0.25) is 4.98 Å². The summed E-state index contributed by atoms with van der Waals surface area (Å²) in [6, 6.07) is 19.2. The van der Waals surface area contributed by atoms with Crippen molar-refractivity contribution in [2.45, 2.75) is 13.3 Å². The maximum absolute atomic E-state index is 12.9. The van der Waals surface area contributed by atoms with E-state index in [9.17, 15) is 8.78 Å². The molecule has 9 heteroatoms. The van der Waals surface area contributed by atoms with E-state index < -0.39 is 16.1 Å². The Morgan fingerprint density at radius 2 is 1.62 bits per heavy atom. The van der Waals surface area contributed by atoms with Crippen LogP contribution >= 0.6 is 10.0 Å². The van der Waals surface area contributed by atoms with E-state index in [1.807, 2.05) is 60.7 Å². The van der Waals surface area contributed by atoms with Crippen molar-refractivity contribution >= 4 is 16.1 Å². The summed E-state index contributed by atoms with van der Waals surface area (Å²) >= 11 is 0. The zero-order chi connectivity index (χ0) is 27.8. The molecule has 0 aliphatic heterocycles. The van der Waals surface area contributed by atoms with E-state index in [2.05, 4.69) is 28.7 Å². The van der Waals surface area contributed by atoms with Gasteiger partial charge in [-0.05, 0) is 72.9 Å². The van der Waals surface area contributed by atoms with E-state index in [0.29, 0.717) is 24.6 Å². The molecule has 0 saturated heterocycles. The van der Waals surface area contributed by atoms with Crippen LogP contribution in [-0.2, 0) is 18.1 Å². The van der Waals surface area contributed by atoms with Crippen molar-refractivity contribution in [3.05, 3.63) is 90.4 Å². The molecule has 2 aromatic carbocycles. The average Bonchev–Trinajstić information content (AvgIpc) is 3.32. The molecule has 0 N–H and O–H groups in total. The van der Waals surface area contributed by atoms with Crippen LogP contribution in [0.15, 0.2) is 79.1 Å². The van der Waals surface area contributed by atoms with Gasteiger partial charge >= 0.3 is 0 Å². The monoisotopic (exact) mass is 553 g/mol. The Labute approximate surface area is 229 Å². The third kappa shape index (κ3) is 8.40. The number of hydrogen-bond acceptors (Lipinski definition) is 5. The van der Waals surface area contributed by atoms with Gasteiger partial charge in [0, 0.05) is 35.3 Å². The van der Waals surface area contributed by atoms with E-state index in [1.54, 1.807) is 24.1 Å². The first-order valence-electron chi connectivity index (χ1n) is 12.4. The summed E-state index contributed by atoms with van der Waals surface area (Å²) < 4.78 is 44.4. The molecular weight excluding hydrogens is 520 g/mol. The maximum atomic E-state index is 12.9. The zero-order valence-electron chi connectivity index (χ0n) is 22.6. The minimum absolute atomic E-state index is 0.171. The Morgan fingerprint density at radius 1 is 0.923 bits per heavy atom. The quantitative estimate of drug-likeness (QED) is 0.175. The lowest BCUT2D eigenvalue weighted by Gasteiger charge is -2.24. The van der Waals surface area contributed by atoms with E-state index in [-0.39, 0.29) is 12.4 Å². The van der Waals surface area contributed by atoms with Crippen molar-refractivity contribution < 1.29 is 23.0 Å². The van der Waals surface area contributed by atoms with Crippen LogP contribution in [0.2, 0.25) is 0 Å². The number of ether oxygens (including phenoxy) is 3. The van der Waals surface area contributed by atoms with Gasteiger partial charge in [-0.15, -0.1) is 0 Å². The standard InChI is InChI=1S/C30H33F2N3O3S/c1-36-26-10-5-22(6-11-26)20-38-27-12-7-23(8-13-27)28-14-9-24(18-33-28)30-34-25(17-29(31)32)19-35(30)21-37-15-16-39(2,3)4/h5-14,17-19H,15-16,20-21H2,1-4H3. The summed E-state index contributed by atoms with van der Waals surface area (Å²) in [6.45, 7) is 1.27. The van der Waals surface area contributed by atoms with Gasteiger partial charge in [0.2, 0.25) is 0 Å². The van der Waals surface area contributed by atoms with Crippen molar-refractivity contribution in [3.63, 3.8) is 0 Å². The minimum Gasteiger partial charge on any atom is -0.497 e. The minimum atomic E-state index is -1.80. The highest BCUT2D eigenvalue weighted by Crippen LogP contribution is 2.33. The number of hydrogen-bond donors (Lipinski definition) is 0. The second-order valence-corrected chi connectivity index (χ2v) is 14.4. The number of rotatable bonds is 12. The Balaban J connectivity index is 1.43. The van der Waals surface area contributed by atoms with Crippen molar-refractivity contribution in [2.24, 2.45) is 0 Å². The maximum Gasteiger partial charge on any atom is 0.272 e. The summed E-state index contributed by atoms with van der Waals surface area (Å²) in [5.74, 6) is 3.04. The Morgan fingerprint density at radius 3 is 2.23 bits per heavy atom. The lowest BCUT2D eigenvalue weighted by molar-refractivity contribution is 0.0907.